The first kappa shape index (κ1) is 85.8. The third kappa shape index (κ3) is 17.0. The Hall–Kier alpha value is -15.0. The van der Waals surface area contributed by atoms with E-state index in [-0.39, 0.29) is 0 Å². The molecule has 22 aromatic rings. The highest BCUT2D eigenvalue weighted by Gasteiger charge is 2.26. The van der Waals surface area contributed by atoms with Crippen LogP contribution in [0.5, 0.6) is 0 Å². The Bertz CT molecular complexity index is 7940. The van der Waals surface area contributed by atoms with Gasteiger partial charge in [0, 0.05) is 66.8 Å². The maximum atomic E-state index is 6.14. The molecule has 134 heavy (non-hydrogen) atoms. The summed E-state index contributed by atoms with van der Waals surface area (Å²) in [6.45, 7) is 28.9. The highest BCUT2D eigenvalue weighted by molar-refractivity contribution is 6.90. The zero-order valence-electron chi connectivity index (χ0n) is 78.0. The van der Waals surface area contributed by atoms with Crippen molar-refractivity contribution < 1.29 is 4.42 Å². The van der Waals surface area contributed by atoms with E-state index in [9.17, 15) is 0 Å². The van der Waals surface area contributed by atoms with Gasteiger partial charge in [0.2, 0.25) is 5.95 Å². The first-order valence-electron chi connectivity index (χ1n) is 46.7. The fourth-order valence-electron chi connectivity index (χ4n) is 19.0. The Morgan fingerprint density at radius 3 is 0.851 bits per heavy atom. The Kier molecular flexibility index (Phi) is 22.4. The number of hydrogen-bond donors (Lipinski definition) is 0. The monoisotopic (exact) mass is 1790 g/mol. The van der Waals surface area contributed by atoms with E-state index in [0.717, 1.165) is 106 Å². The standard InChI is InChI=1S/C63H55N5Si2.C60H51NOSi2/c1-69(2,3)55-38-27-46(28-39-55)44-21-32-52(33-22-44)67(53-34-23-45(24-35-53)47-29-40-56(41-30-47)70(4,5)6)54-36-25-48(26-37-54)51-31-42-60-58(43-51)57-19-13-14-20-59(57)68(60)63-65-61(49-15-9-7-10-16-49)64-62(66-63)50-17-11-8-12-18-50;1-63(2,3)49-31-21-41(22-32-49)40-15-25-46(26-16-40)61(48-29-19-43(20-30-48)45-24-36-60-58(38-45)55-13-9-10-14-59(55)62-60)47-27-17-42(18-28-47)44-23-34-53-54-35-33-50(64(4,5)6)39-57(54)52-12-8-7-11-51(52)56(53)37-44/h7-43H,1-6H3;7-39H,1-6H3. The van der Waals surface area contributed by atoms with Gasteiger partial charge in [-0.2, -0.15) is 9.97 Å². The third-order valence-electron chi connectivity index (χ3n) is 26.6. The molecule has 0 fully saturated rings. The van der Waals surface area contributed by atoms with Crippen molar-refractivity contribution in [2.75, 3.05) is 9.80 Å². The van der Waals surface area contributed by atoms with Crippen LogP contribution in [0.15, 0.2) is 429 Å². The van der Waals surface area contributed by atoms with Crippen LogP contribution in [0, 0.1) is 0 Å². The summed E-state index contributed by atoms with van der Waals surface area (Å²) in [7, 11) is -5.63. The predicted molar refractivity (Wildman–Crippen MR) is 585 cm³/mol. The first-order chi connectivity index (χ1) is 64.9. The first-order valence-corrected chi connectivity index (χ1v) is 60.7. The molecule has 3 aromatic heterocycles. The van der Waals surface area contributed by atoms with Crippen molar-refractivity contribution >= 4 is 163 Å². The number of nitrogens with zero attached hydrogens (tertiary/aromatic N) is 6. The van der Waals surface area contributed by atoms with Crippen molar-refractivity contribution in [3.8, 4) is 95.5 Å². The molecule has 0 saturated heterocycles. The average molecular weight is 1800 g/mol. The molecule has 0 radical (unpaired) electrons. The summed E-state index contributed by atoms with van der Waals surface area (Å²) in [6, 6.07) is 155. The lowest BCUT2D eigenvalue weighted by Crippen LogP contribution is -2.37. The van der Waals surface area contributed by atoms with Crippen LogP contribution >= 0.6 is 0 Å². The van der Waals surface area contributed by atoms with Gasteiger partial charge in [0.05, 0.1) is 43.3 Å². The number of fused-ring (bicyclic) bond motifs is 12. The van der Waals surface area contributed by atoms with Crippen LogP contribution in [0.3, 0.4) is 0 Å². The van der Waals surface area contributed by atoms with E-state index >= 15 is 0 Å². The highest BCUT2D eigenvalue weighted by Crippen LogP contribution is 2.45. The molecular formula is C123H106N6OSi4. The molecule has 0 N–H and O–H groups in total. The molecule has 0 aliphatic rings. The smallest absolute Gasteiger partial charge is 0.238 e. The van der Waals surface area contributed by atoms with Gasteiger partial charge < -0.3 is 14.2 Å². The van der Waals surface area contributed by atoms with Gasteiger partial charge in [-0.1, -0.05) is 409 Å². The summed E-state index contributed by atoms with van der Waals surface area (Å²) in [4.78, 5) is 20.0. The minimum atomic E-state index is -1.47. The van der Waals surface area contributed by atoms with Gasteiger partial charge in [0.15, 0.2) is 11.6 Å². The van der Waals surface area contributed by atoms with Crippen LogP contribution < -0.4 is 30.5 Å². The second-order valence-corrected chi connectivity index (χ2v) is 60.0. The molecule has 3 heterocycles. The molecular weight excluding hydrogens is 1690 g/mol. The van der Waals surface area contributed by atoms with Crippen LogP contribution in [0.2, 0.25) is 78.6 Å². The molecule has 0 bridgehead atoms. The van der Waals surface area contributed by atoms with E-state index in [2.05, 4.69) is 445 Å². The van der Waals surface area contributed by atoms with Crippen molar-refractivity contribution in [1.29, 1.82) is 0 Å². The molecule has 0 saturated carbocycles. The quantitative estimate of drug-likeness (QED) is 0.0594. The molecule has 11 heteroatoms. The predicted octanol–water partition coefficient (Wildman–Crippen LogP) is 32.5. The van der Waals surface area contributed by atoms with Crippen LogP contribution in [0.1, 0.15) is 0 Å². The average Bonchev–Trinajstić information content (AvgIpc) is 1.30. The van der Waals surface area contributed by atoms with Crippen molar-refractivity contribution in [1.82, 2.24) is 19.5 Å². The number of hydrogen-bond acceptors (Lipinski definition) is 6. The Labute approximate surface area is 789 Å². The minimum absolute atomic E-state index is 0.581. The Morgan fingerprint density at radius 2 is 0.455 bits per heavy atom. The summed E-state index contributed by atoms with van der Waals surface area (Å²) >= 11 is 0. The molecule has 0 unspecified atom stereocenters. The lowest BCUT2D eigenvalue weighted by Gasteiger charge is -2.26. The van der Waals surface area contributed by atoms with Crippen molar-refractivity contribution in [3.05, 3.63) is 425 Å². The minimum Gasteiger partial charge on any atom is -0.456 e. The van der Waals surface area contributed by atoms with Crippen LogP contribution in [0.4, 0.5) is 34.1 Å². The topological polar surface area (TPSA) is 63.2 Å². The molecule has 0 aliphatic heterocycles. The van der Waals surface area contributed by atoms with Crippen LogP contribution in [-0.4, -0.2) is 51.8 Å². The normalized spacial score (nSPS) is 12.0. The summed E-state index contributed by atoms with van der Waals surface area (Å²) in [5.74, 6) is 1.84. The van der Waals surface area contributed by atoms with Gasteiger partial charge in [-0.25, -0.2) is 4.98 Å². The van der Waals surface area contributed by atoms with E-state index in [1.54, 1.807) is 0 Å². The molecule has 0 aliphatic carbocycles. The second-order valence-electron chi connectivity index (χ2n) is 39.7. The Morgan fingerprint density at radius 1 is 0.187 bits per heavy atom. The fourth-order valence-corrected chi connectivity index (χ4v) is 23.6. The summed E-state index contributed by atoms with van der Waals surface area (Å²) in [6.07, 6.45) is 0. The number of furan rings is 1. The molecule has 0 atom stereocenters. The SMILES string of the molecule is C[Si](C)(C)c1ccc(-c2ccc(N(c3ccc(-c4ccc([Si](C)(C)C)cc4)cc3)c3ccc(-c4ccc5c(c4)c4ccccc4n5-c4nc(-c5ccccc5)nc(-c5ccccc5)n4)cc3)cc2)cc1.C[Si](C)(C)c1ccc(-c2ccc(N(c3ccc(-c4ccc5oc6ccccc6c5c4)cc3)c3ccc(-c4ccc5c6ccc([Si](C)(C)C)cc6c6ccccc6c5c4)cc3)cc2)cc1. The zero-order valence-corrected chi connectivity index (χ0v) is 82.0. The number of benzene rings is 19. The van der Waals surface area contributed by atoms with Crippen LogP contribution in [0.25, 0.3) is 172 Å². The summed E-state index contributed by atoms with van der Waals surface area (Å²) in [5.41, 5.74) is 26.7. The number of anilines is 6. The van der Waals surface area contributed by atoms with Gasteiger partial charge in [-0.15, -0.1) is 0 Å². The number of aromatic nitrogens is 4. The van der Waals surface area contributed by atoms with Crippen LogP contribution in [-0.2, 0) is 0 Å². The summed E-state index contributed by atoms with van der Waals surface area (Å²) < 4.78 is 8.32. The number of para-hydroxylation sites is 2. The lowest BCUT2D eigenvalue weighted by molar-refractivity contribution is 0.669. The van der Waals surface area contributed by atoms with E-state index in [4.69, 9.17) is 19.4 Å². The van der Waals surface area contributed by atoms with Crippen molar-refractivity contribution in [2.45, 2.75) is 78.6 Å². The summed E-state index contributed by atoms with van der Waals surface area (Å²) in [5, 5.41) is 18.4. The second kappa shape index (κ2) is 35.0. The number of rotatable bonds is 19. The van der Waals surface area contributed by atoms with Gasteiger partial charge in [-0.05, 0) is 214 Å². The largest absolute Gasteiger partial charge is 0.456 e. The van der Waals surface area contributed by atoms with Gasteiger partial charge in [-0.3, -0.25) is 4.57 Å². The van der Waals surface area contributed by atoms with Crippen molar-refractivity contribution in [3.63, 3.8) is 0 Å². The lowest BCUT2D eigenvalue weighted by atomic mass is 9.92. The van der Waals surface area contributed by atoms with E-state index in [1.807, 2.05) is 72.8 Å². The highest BCUT2D eigenvalue weighted by atomic mass is 28.3. The van der Waals surface area contributed by atoms with Gasteiger partial charge in [0.1, 0.15) is 11.2 Å². The Balaban J connectivity index is 0.000000161. The molecule has 22 rings (SSSR count). The molecule has 650 valence electrons. The molecule has 0 amide bonds. The van der Waals surface area contributed by atoms with E-state index in [0.29, 0.717) is 17.6 Å². The maximum absolute atomic E-state index is 6.14. The zero-order chi connectivity index (χ0) is 91.7. The molecule has 7 nitrogen and oxygen atoms in total. The molecule has 0 spiro atoms. The van der Waals surface area contributed by atoms with E-state index in [1.165, 1.54) is 103 Å². The van der Waals surface area contributed by atoms with Gasteiger partial charge in [0.25, 0.3) is 0 Å². The maximum Gasteiger partial charge on any atom is 0.238 e. The molecule has 19 aromatic carbocycles. The third-order valence-corrected chi connectivity index (χ3v) is 34.9. The van der Waals surface area contributed by atoms with Gasteiger partial charge >= 0.3 is 0 Å². The van der Waals surface area contributed by atoms with Crippen molar-refractivity contribution in [2.24, 2.45) is 0 Å². The van der Waals surface area contributed by atoms with E-state index < -0.39 is 32.3 Å². The fraction of sp³-hybridized carbons (Fsp3) is 0.0976.